The van der Waals surface area contributed by atoms with Crippen LogP contribution in [0.5, 0.6) is 0 Å². The molecule has 6 nitrogen and oxygen atoms in total. The fourth-order valence-corrected chi connectivity index (χ4v) is 2.07. The fourth-order valence-electron chi connectivity index (χ4n) is 2.07. The van der Waals surface area contributed by atoms with Gasteiger partial charge >= 0.3 is 12.0 Å². The van der Waals surface area contributed by atoms with E-state index in [1.165, 1.54) is 0 Å². The Hall–Kier alpha value is -3.15. The van der Waals surface area contributed by atoms with Crippen molar-refractivity contribution in [1.29, 1.82) is 0 Å². The number of rotatable bonds is 6. The number of esters is 1. The molecule has 0 radical (unpaired) electrons. The summed E-state index contributed by atoms with van der Waals surface area (Å²) < 4.78 is 5.21. The van der Waals surface area contributed by atoms with Gasteiger partial charge in [-0.2, -0.15) is 0 Å². The first kappa shape index (κ1) is 17.2. The fraction of sp³-hybridized carbons (Fsp3) is 0.167. The van der Waals surface area contributed by atoms with Gasteiger partial charge in [0.1, 0.15) is 0 Å². The molecule has 3 N–H and O–H groups in total. The Morgan fingerprint density at radius 1 is 1.00 bits per heavy atom. The van der Waals surface area contributed by atoms with Crippen LogP contribution in [0, 0.1) is 0 Å². The average molecular weight is 326 g/mol. The number of nitrogens with one attached hydrogen (secondary N) is 1. The number of ketones is 1. The minimum Gasteiger partial charge on any atom is -0.451 e. The molecule has 0 spiro atoms. The van der Waals surface area contributed by atoms with Crippen LogP contribution in [0.4, 0.5) is 4.79 Å². The maximum absolute atomic E-state index is 12.2. The molecule has 2 aromatic carbocycles. The second-order valence-electron chi connectivity index (χ2n) is 5.19. The van der Waals surface area contributed by atoms with Gasteiger partial charge in [-0.1, -0.05) is 42.5 Å². The van der Waals surface area contributed by atoms with Crippen molar-refractivity contribution in [3.8, 4) is 0 Å². The Labute approximate surface area is 139 Å². The first-order chi connectivity index (χ1) is 11.5. The topological polar surface area (TPSA) is 98.5 Å². The summed E-state index contributed by atoms with van der Waals surface area (Å²) in [4.78, 5) is 34.9. The molecule has 124 valence electrons. The van der Waals surface area contributed by atoms with Crippen LogP contribution in [-0.2, 0) is 11.3 Å². The van der Waals surface area contributed by atoms with Crippen molar-refractivity contribution in [2.24, 2.45) is 5.73 Å². The van der Waals surface area contributed by atoms with Gasteiger partial charge in [0.2, 0.25) is 5.78 Å². The zero-order chi connectivity index (χ0) is 17.5. The second kappa shape index (κ2) is 7.92. The molecule has 0 aliphatic carbocycles. The Bertz CT molecular complexity index is 726. The molecule has 2 aromatic rings. The maximum atomic E-state index is 12.2. The lowest BCUT2D eigenvalue weighted by molar-refractivity contribution is 0.0319. The van der Waals surface area contributed by atoms with Crippen LogP contribution in [0.1, 0.15) is 33.2 Å². The van der Waals surface area contributed by atoms with E-state index in [9.17, 15) is 14.4 Å². The van der Waals surface area contributed by atoms with E-state index in [1.807, 2.05) is 6.07 Å². The van der Waals surface area contributed by atoms with E-state index in [0.29, 0.717) is 11.1 Å². The van der Waals surface area contributed by atoms with Crippen LogP contribution in [0.3, 0.4) is 0 Å². The summed E-state index contributed by atoms with van der Waals surface area (Å²) in [5.41, 5.74) is 6.60. The Morgan fingerprint density at radius 3 is 2.21 bits per heavy atom. The van der Waals surface area contributed by atoms with Gasteiger partial charge in [0.25, 0.3) is 0 Å². The van der Waals surface area contributed by atoms with Crippen molar-refractivity contribution in [1.82, 2.24) is 5.32 Å². The Balaban J connectivity index is 1.96. The highest BCUT2D eigenvalue weighted by atomic mass is 16.5. The summed E-state index contributed by atoms with van der Waals surface area (Å²) in [6.45, 7) is 1.81. The van der Waals surface area contributed by atoms with Gasteiger partial charge in [-0.05, 0) is 24.6 Å². The molecule has 24 heavy (non-hydrogen) atoms. The van der Waals surface area contributed by atoms with Crippen LogP contribution < -0.4 is 11.1 Å². The molecule has 0 aliphatic heterocycles. The van der Waals surface area contributed by atoms with Gasteiger partial charge in [0.05, 0.1) is 5.56 Å². The lowest BCUT2D eigenvalue weighted by atomic mass is 10.1. The summed E-state index contributed by atoms with van der Waals surface area (Å²) in [6.07, 6.45) is -0.879. The summed E-state index contributed by atoms with van der Waals surface area (Å²) in [6, 6.07) is 14.5. The summed E-state index contributed by atoms with van der Waals surface area (Å²) in [5, 5.41) is 2.45. The third-order valence-corrected chi connectivity index (χ3v) is 3.37. The van der Waals surface area contributed by atoms with Crippen LogP contribution >= 0.6 is 0 Å². The lowest BCUT2D eigenvalue weighted by Crippen LogP contribution is -2.28. The first-order valence-electron chi connectivity index (χ1n) is 7.40. The van der Waals surface area contributed by atoms with Crippen LogP contribution in [-0.4, -0.2) is 23.9 Å². The molecular weight excluding hydrogens is 308 g/mol. The van der Waals surface area contributed by atoms with Gasteiger partial charge < -0.3 is 15.8 Å². The minimum absolute atomic E-state index is 0.258. The van der Waals surface area contributed by atoms with E-state index in [1.54, 1.807) is 55.5 Å². The van der Waals surface area contributed by atoms with Crippen LogP contribution in [0.15, 0.2) is 54.6 Å². The number of amides is 2. The number of carbonyl (C=O) groups excluding carboxylic acids is 3. The highest BCUT2D eigenvalue weighted by Crippen LogP contribution is 2.11. The number of urea groups is 1. The summed E-state index contributed by atoms with van der Waals surface area (Å²) in [7, 11) is 0. The van der Waals surface area contributed by atoms with Gasteiger partial charge in [0, 0.05) is 12.1 Å². The molecule has 2 rings (SSSR count). The monoisotopic (exact) mass is 326 g/mol. The SMILES string of the molecule is CC(OC(=O)c1ccc(CNC(N)=O)cc1)C(=O)c1ccccc1. The number of benzene rings is 2. The van der Waals surface area contributed by atoms with Crippen molar-refractivity contribution >= 4 is 17.8 Å². The van der Waals surface area contributed by atoms with Crippen molar-refractivity contribution < 1.29 is 19.1 Å². The Morgan fingerprint density at radius 2 is 1.62 bits per heavy atom. The van der Waals surface area contributed by atoms with Gasteiger partial charge in [-0.25, -0.2) is 9.59 Å². The molecule has 0 saturated carbocycles. The second-order valence-corrected chi connectivity index (χ2v) is 5.19. The Kier molecular flexibility index (Phi) is 5.68. The van der Waals surface area contributed by atoms with Crippen molar-refractivity contribution in [2.45, 2.75) is 19.6 Å². The zero-order valence-corrected chi connectivity index (χ0v) is 13.2. The molecule has 2 amide bonds. The quantitative estimate of drug-likeness (QED) is 0.628. The van der Waals surface area contributed by atoms with Crippen LogP contribution in [0.2, 0.25) is 0 Å². The molecule has 1 atom stereocenters. The zero-order valence-electron chi connectivity index (χ0n) is 13.2. The molecular formula is C18H18N2O4. The highest BCUT2D eigenvalue weighted by molar-refractivity contribution is 6.01. The van der Waals surface area contributed by atoms with Gasteiger partial charge in [-0.15, -0.1) is 0 Å². The minimum atomic E-state index is -0.879. The van der Waals surface area contributed by atoms with E-state index >= 15 is 0 Å². The van der Waals surface area contributed by atoms with Crippen molar-refractivity contribution in [3.63, 3.8) is 0 Å². The third kappa shape index (κ3) is 4.67. The molecule has 0 saturated heterocycles. The molecule has 6 heteroatoms. The first-order valence-corrected chi connectivity index (χ1v) is 7.40. The van der Waals surface area contributed by atoms with E-state index < -0.39 is 18.1 Å². The largest absolute Gasteiger partial charge is 0.451 e. The summed E-state index contributed by atoms with van der Waals surface area (Å²) in [5.74, 6) is -0.840. The van der Waals surface area contributed by atoms with Gasteiger partial charge in [-0.3, -0.25) is 4.79 Å². The molecule has 0 heterocycles. The standard InChI is InChI=1S/C18H18N2O4/c1-12(16(21)14-5-3-2-4-6-14)24-17(22)15-9-7-13(8-10-15)11-20-18(19)23/h2-10,12H,11H2,1H3,(H3,19,20,23). The number of Topliss-reactive ketones (excluding diaryl/α,β-unsaturated/α-hetero) is 1. The molecule has 0 aliphatic rings. The molecule has 0 aromatic heterocycles. The average Bonchev–Trinajstić information content (AvgIpc) is 2.60. The molecule has 0 bridgehead atoms. The predicted molar refractivity (Wildman–Crippen MR) is 88.5 cm³/mol. The number of hydrogen-bond donors (Lipinski definition) is 2. The third-order valence-electron chi connectivity index (χ3n) is 3.37. The number of hydrogen-bond acceptors (Lipinski definition) is 4. The number of ether oxygens (including phenoxy) is 1. The normalized spacial score (nSPS) is 11.4. The highest BCUT2D eigenvalue weighted by Gasteiger charge is 2.20. The van der Waals surface area contributed by atoms with E-state index in [2.05, 4.69) is 5.32 Å². The van der Waals surface area contributed by atoms with E-state index in [0.717, 1.165) is 5.56 Å². The smallest absolute Gasteiger partial charge is 0.338 e. The van der Waals surface area contributed by atoms with Crippen molar-refractivity contribution in [3.05, 3.63) is 71.3 Å². The van der Waals surface area contributed by atoms with Crippen molar-refractivity contribution in [2.75, 3.05) is 0 Å². The van der Waals surface area contributed by atoms with Gasteiger partial charge in [0.15, 0.2) is 6.10 Å². The molecule has 0 fully saturated rings. The number of primary amides is 1. The van der Waals surface area contributed by atoms with E-state index in [-0.39, 0.29) is 12.3 Å². The predicted octanol–water partition coefficient (Wildman–Crippen LogP) is 2.28. The maximum Gasteiger partial charge on any atom is 0.338 e. The lowest BCUT2D eigenvalue weighted by Gasteiger charge is -2.12. The number of carbonyl (C=O) groups is 3. The number of nitrogens with two attached hydrogens (primary N) is 1. The summed E-state index contributed by atoms with van der Waals surface area (Å²) >= 11 is 0. The van der Waals surface area contributed by atoms with E-state index in [4.69, 9.17) is 10.5 Å². The van der Waals surface area contributed by atoms with Crippen LogP contribution in [0.25, 0.3) is 0 Å². The molecule has 1 unspecified atom stereocenters.